The van der Waals surface area contributed by atoms with Gasteiger partial charge in [-0.3, -0.25) is 4.79 Å². The lowest BCUT2D eigenvalue weighted by Crippen LogP contribution is -2.40. The van der Waals surface area contributed by atoms with Gasteiger partial charge in [0, 0.05) is 11.8 Å². The monoisotopic (exact) mass is 289 g/mol. The summed E-state index contributed by atoms with van der Waals surface area (Å²) in [7, 11) is 0. The number of carbonyl (C=O) groups is 2. The fraction of sp³-hybridized carbons (Fsp3) is 0.846. The van der Waals surface area contributed by atoms with E-state index >= 15 is 0 Å². The zero-order valence-corrected chi connectivity index (χ0v) is 12.8. The summed E-state index contributed by atoms with van der Waals surface area (Å²) < 4.78 is 5.19. The molecule has 0 aromatic carbocycles. The number of ether oxygens (including phenoxy) is 1. The summed E-state index contributed by atoms with van der Waals surface area (Å²) in [5.74, 6) is -0.190. The molecule has 0 bridgehead atoms. The number of hydrogen-bond donors (Lipinski definition) is 2. The lowest BCUT2D eigenvalue weighted by atomic mass is 9.88. The molecule has 0 aromatic heterocycles. The molecule has 0 spiro atoms. The smallest absolute Gasteiger partial charge is 0.407 e. The second-order valence-electron chi connectivity index (χ2n) is 6.10. The summed E-state index contributed by atoms with van der Waals surface area (Å²) in [4.78, 5) is 23.1. The van der Waals surface area contributed by atoms with E-state index in [1.807, 2.05) is 6.26 Å². The van der Waals surface area contributed by atoms with Gasteiger partial charge in [-0.2, -0.15) is 11.8 Å². The van der Waals surface area contributed by atoms with Crippen LogP contribution in [0.4, 0.5) is 4.79 Å². The number of carboxylic acid groups (broad SMARTS) is 1. The Morgan fingerprint density at radius 3 is 2.58 bits per heavy atom. The summed E-state index contributed by atoms with van der Waals surface area (Å²) in [6, 6.07) is -0.113. The van der Waals surface area contributed by atoms with Crippen LogP contribution in [-0.4, -0.2) is 40.8 Å². The van der Waals surface area contributed by atoms with Crippen LogP contribution in [0.15, 0.2) is 0 Å². The van der Waals surface area contributed by atoms with Gasteiger partial charge in [0.2, 0.25) is 0 Å². The molecule has 1 amide bonds. The molecule has 1 fully saturated rings. The summed E-state index contributed by atoms with van der Waals surface area (Å²) in [6.45, 7) is 5.41. The highest BCUT2D eigenvalue weighted by molar-refractivity contribution is 7.98. The van der Waals surface area contributed by atoms with Crippen molar-refractivity contribution >= 4 is 23.8 Å². The Labute approximate surface area is 118 Å². The molecule has 19 heavy (non-hydrogen) atoms. The van der Waals surface area contributed by atoms with E-state index in [2.05, 4.69) is 5.32 Å². The Hall–Kier alpha value is -0.910. The van der Waals surface area contributed by atoms with Crippen LogP contribution in [-0.2, 0) is 9.53 Å². The van der Waals surface area contributed by atoms with Crippen molar-refractivity contribution in [1.82, 2.24) is 5.32 Å². The number of nitrogens with one attached hydrogen (secondary N) is 1. The zero-order chi connectivity index (χ0) is 14.7. The summed E-state index contributed by atoms with van der Waals surface area (Å²) in [5.41, 5.74) is -1.25. The molecule has 0 aliphatic heterocycles. The van der Waals surface area contributed by atoms with Crippen molar-refractivity contribution < 1.29 is 19.4 Å². The van der Waals surface area contributed by atoms with Gasteiger partial charge in [-0.05, 0) is 46.3 Å². The SMILES string of the molecule is CSC[C@]1(C(=O)O)CC[C@@H](NC(=O)OC(C)(C)C)C1. The Kier molecular flexibility index (Phi) is 5.12. The number of aliphatic carboxylic acids is 1. The molecule has 2 N–H and O–H groups in total. The average molecular weight is 289 g/mol. The van der Waals surface area contributed by atoms with Crippen LogP contribution in [0.25, 0.3) is 0 Å². The van der Waals surface area contributed by atoms with Gasteiger partial charge in [-0.1, -0.05) is 0 Å². The number of hydrogen-bond acceptors (Lipinski definition) is 4. The number of carbonyl (C=O) groups excluding carboxylic acids is 1. The molecule has 5 nitrogen and oxygen atoms in total. The topological polar surface area (TPSA) is 75.6 Å². The van der Waals surface area contributed by atoms with Gasteiger partial charge in [-0.15, -0.1) is 0 Å². The first-order valence-electron chi connectivity index (χ1n) is 6.40. The molecule has 110 valence electrons. The summed E-state index contributed by atoms with van der Waals surface area (Å²) in [6.07, 6.45) is 3.19. The standard InChI is InChI=1S/C13H23NO4S/c1-12(2,3)18-11(17)14-9-5-6-13(7-9,8-19-4)10(15)16/h9H,5-8H2,1-4H3,(H,14,17)(H,15,16)/t9-,13+/m1/s1. The predicted molar refractivity (Wildman–Crippen MR) is 75.5 cm³/mol. The Balaban J connectivity index is 2.56. The molecule has 0 heterocycles. The van der Waals surface area contributed by atoms with E-state index in [-0.39, 0.29) is 6.04 Å². The van der Waals surface area contributed by atoms with Crippen LogP contribution in [0.2, 0.25) is 0 Å². The van der Waals surface area contributed by atoms with Crippen LogP contribution in [0.3, 0.4) is 0 Å². The fourth-order valence-corrected chi connectivity index (χ4v) is 3.33. The lowest BCUT2D eigenvalue weighted by Gasteiger charge is -2.24. The van der Waals surface area contributed by atoms with Crippen molar-refractivity contribution in [3.63, 3.8) is 0 Å². The second-order valence-corrected chi connectivity index (χ2v) is 6.97. The molecule has 2 atom stereocenters. The molecule has 1 rings (SSSR count). The van der Waals surface area contributed by atoms with Gasteiger partial charge in [0.25, 0.3) is 0 Å². The van der Waals surface area contributed by atoms with Crippen molar-refractivity contribution in [2.75, 3.05) is 12.0 Å². The largest absolute Gasteiger partial charge is 0.481 e. The maximum Gasteiger partial charge on any atom is 0.407 e. The van der Waals surface area contributed by atoms with E-state index in [0.717, 1.165) is 0 Å². The van der Waals surface area contributed by atoms with E-state index in [0.29, 0.717) is 25.0 Å². The average Bonchev–Trinajstić information content (AvgIpc) is 2.60. The number of carboxylic acids is 1. The quantitative estimate of drug-likeness (QED) is 0.831. The lowest BCUT2D eigenvalue weighted by molar-refractivity contribution is -0.147. The van der Waals surface area contributed by atoms with Gasteiger partial charge in [-0.25, -0.2) is 4.79 Å². The Morgan fingerprint density at radius 1 is 1.47 bits per heavy atom. The molecular formula is C13H23NO4S. The van der Waals surface area contributed by atoms with Crippen molar-refractivity contribution in [2.45, 2.75) is 51.7 Å². The number of thioether (sulfide) groups is 1. The van der Waals surface area contributed by atoms with Crippen molar-refractivity contribution in [2.24, 2.45) is 5.41 Å². The van der Waals surface area contributed by atoms with E-state index in [1.54, 1.807) is 20.8 Å². The van der Waals surface area contributed by atoms with Crippen LogP contribution >= 0.6 is 11.8 Å². The Morgan fingerprint density at radius 2 is 2.11 bits per heavy atom. The molecule has 0 saturated heterocycles. The van der Waals surface area contributed by atoms with E-state index in [9.17, 15) is 14.7 Å². The van der Waals surface area contributed by atoms with Crippen LogP contribution in [0, 0.1) is 5.41 Å². The maximum absolute atomic E-state index is 11.7. The van der Waals surface area contributed by atoms with Gasteiger partial charge < -0.3 is 15.2 Å². The van der Waals surface area contributed by atoms with Gasteiger partial charge >= 0.3 is 12.1 Å². The molecule has 0 unspecified atom stereocenters. The van der Waals surface area contributed by atoms with Gasteiger partial charge in [0.15, 0.2) is 0 Å². The molecular weight excluding hydrogens is 266 g/mol. The minimum Gasteiger partial charge on any atom is -0.481 e. The minimum atomic E-state index is -0.768. The Bertz CT molecular complexity index is 353. The predicted octanol–water partition coefficient (Wildman–Crippen LogP) is 2.50. The molecule has 1 saturated carbocycles. The van der Waals surface area contributed by atoms with Gasteiger partial charge in [0.1, 0.15) is 5.60 Å². The first kappa shape index (κ1) is 16.1. The molecule has 1 aliphatic carbocycles. The second kappa shape index (κ2) is 6.03. The third kappa shape index (κ3) is 4.60. The normalized spacial score (nSPS) is 27.1. The van der Waals surface area contributed by atoms with Crippen molar-refractivity contribution in [1.29, 1.82) is 0 Å². The molecule has 1 aliphatic rings. The summed E-state index contributed by atoms with van der Waals surface area (Å²) in [5, 5.41) is 12.1. The highest BCUT2D eigenvalue weighted by Gasteiger charge is 2.45. The van der Waals surface area contributed by atoms with E-state index in [1.165, 1.54) is 11.8 Å². The van der Waals surface area contributed by atoms with Crippen LogP contribution in [0.1, 0.15) is 40.0 Å². The molecule has 0 radical (unpaired) electrons. The van der Waals surface area contributed by atoms with Crippen LogP contribution < -0.4 is 5.32 Å². The zero-order valence-electron chi connectivity index (χ0n) is 12.0. The molecule has 0 aromatic rings. The fourth-order valence-electron chi connectivity index (χ4n) is 2.39. The number of rotatable bonds is 4. The third-order valence-corrected chi connectivity index (χ3v) is 4.04. The maximum atomic E-state index is 11.7. The van der Waals surface area contributed by atoms with E-state index < -0.39 is 23.1 Å². The highest BCUT2D eigenvalue weighted by atomic mass is 32.2. The third-order valence-electron chi connectivity index (χ3n) is 3.20. The molecule has 6 heteroatoms. The highest BCUT2D eigenvalue weighted by Crippen LogP contribution is 2.40. The first-order chi connectivity index (χ1) is 8.68. The van der Waals surface area contributed by atoms with Crippen molar-refractivity contribution in [3.05, 3.63) is 0 Å². The van der Waals surface area contributed by atoms with Gasteiger partial charge in [0.05, 0.1) is 5.41 Å². The first-order valence-corrected chi connectivity index (χ1v) is 7.80. The summed E-state index contributed by atoms with van der Waals surface area (Å²) >= 11 is 1.53. The van der Waals surface area contributed by atoms with Crippen LogP contribution in [0.5, 0.6) is 0 Å². The minimum absolute atomic E-state index is 0.113. The van der Waals surface area contributed by atoms with E-state index in [4.69, 9.17) is 4.74 Å². The van der Waals surface area contributed by atoms with Crippen molar-refractivity contribution in [3.8, 4) is 0 Å². The number of alkyl carbamates (subject to hydrolysis) is 1. The number of amides is 1.